The first-order valence-electron chi connectivity index (χ1n) is 6.61. The van der Waals surface area contributed by atoms with Crippen LogP contribution >= 0.6 is 0 Å². The van der Waals surface area contributed by atoms with Gasteiger partial charge in [-0.25, -0.2) is 4.79 Å². The second kappa shape index (κ2) is 6.93. The number of carboxylic acid groups (broad SMARTS) is 1. The molecule has 0 spiro atoms. The minimum Gasteiger partial charge on any atom is -0.491 e. The van der Waals surface area contributed by atoms with E-state index < -0.39 is 17.9 Å². The van der Waals surface area contributed by atoms with E-state index >= 15 is 0 Å². The van der Waals surface area contributed by atoms with Crippen LogP contribution in [-0.4, -0.2) is 29.1 Å². The minimum atomic E-state index is -1.04. The van der Waals surface area contributed by atoms with Crippen LogP contribution in [0.2, 0.25) is 0 Å². The Balaban J connectivity index is 2.84. The molecular weight excluding hydrogens is 258 g/mol. The largest absolute Gasteiger partial charge is 0.491 e. The van der Waals surface area contributed by atoms with Gasteiger partial charge in [0.1, 0.15) is 11.8 Å². The Kier molecular flexibility index (Phi) is 5.55. The molecule has 20 heavy (non-hydrogen) atoms. The third-order valence-electron chi connectivity index (χ3n) is 2.69. The maximum Gasteiger partial charge on any atom is 0.326 e. The van der Waals surface area contributed by atoms with Crippen molar-refractivity contribution in [3.05, 3.63) is 29.8 Å². The van der Waals surface area contributed by atoms with Crippen molar-refractivity contribution < 1.29 is 19.4 Å². The predicted molar refractivity (Wildman–Crippen MR) is 75.9 cm³/mol. The van der Waals surface area contributed by atoms with Crippen molar-refractivity contribution in [3.8, 4) is 5.75 Å². The summed E-state index contributed by atoms with van der Waals surface area (Å²) in [6.45, 7) is 7.28. The molecule has 5 heteroatoms. The van der Waals surface area contributed by atoms with Gasteiger partial charge in [0.05, 0.1) is 6.10 Å². The highest BCUT2D eigenvalue weighted by Crippen LogP contribution is 2.15. The van der Waals surface area contributed by atoms with Crippen LogP contribution in [0.4, 0.5) is 0 Å². The monoisotopic (exact) mass is 279 g/mol. The van der Waals surface area contributed by atoms with Crippen LogP contribution < -0.4 is 10.1 Å². The van der Waals surface area contributed by atoms with Gasteiger partial charge in [0, 0.05) is 5.56 Å². The van der Waals surface area contributed by atoms with E-state index in [-0.39, 0.29) is 12.0 Å². The van der Waals surface area contributed by atoms with E-state index in [2.05, 4.69) is 5.32 Å². The smallest absolute Gasteiger partial charge is 0.326 e. The Bertz CT molecular complexity index is 483. The van der Waals surface area contributed by atoms with Gasteiger partial charge in [0.25, 0.3) is 5.91 Å². The Hall–Kier alpha value is -2.04. The standard InChI is InChI=1S/C15H21NO4/c1-9(2)13(15(18)19)16-14(17)11-6-5-7-12(8-11)20-10(3)4/h5-10,13H,1-4H3,(H,16,17)(H,18,19). The summed E-state index contributed by atoms with van der Waals surface area (Å²) in [6.07, 6.45) is 0.00995. The number of rotatable bonds is 6. The highest BCUT2D eigenvalue weighted by Gasteiger charge is 2.24. The molecule has 0 saturated heterocycles. The van der Waals surface area contributed by atoms with Gasteiger partial charge in [-0.1, -0.05) is 19.9 Å². The van der Waals surface area contributed by atoms with Crippen molar-refractivity contribution in [2.45, 2.75) is 39.8 Å². The number of nitrogens with one attached hydrogen (secondary N) is 1. The summed E-state index contributed by atoms with van der Waals surface area (Å²) in [4.78, 5) is 23.2. The number of ether oxygens (including phenoxy) is 1. The van der Waals surface area contributed by atoms with Crippen LogP contribution in [0.15, 0.2) is 24.3 Å². The molecule has 1 aromatic carbocycles. The fraction of sp³-hybridized carbons (Fsp3) is 0.467. The Morgan fingerprint density at radius 3 is 2.35 bits per heavy atom. The zero-order chi connectivity index (χ0) is 15.3. The van der Waals surface area contributed by atoms with Crippen molar-refractivity contribution >= 4 is 11.9 Å². The van der Waals surface area contributed by atoms with E-state index in [4.69, 9.17) is 9.84 Å². The molecule has 0 heterocycles. The first kappa shape index (κ1) is 16.0. The van der Waals surface area contributed by atoms with Crippen LogP contribution in [0.5, 0.6) is 5.75 Å². The zero-order valence-corrected chi connectivity index (χ0v) is 12.2. The normalized spacial score (nSPS) is 12.3. The van der Waals surface area contributed by atoms with E-state index in [1.807, 2.05) is 13.8 Å². The molecule has 0 aliphatic rings. The topological polar surface area (TPSA) is 75.6 Å². The lowest BCUT2D eigenvalue weighted by atomic mass is 10.0. The Morgan fingerprint density at radius 2 is 1.85 bits per heavy atom. The third-order valence-corrected chi connectivity index (χ3v) is 2.69. The summed E-state index contributed by atoms with van der Waals surface area (Å²) < 4.78 is 5.51. The van der Waals surface area contributed by atoms with Gasteiger partial charge in [-0.15, -0.1) is 0 Å². The molecule has 1 atom stereocenters. The quantitative estimate of drug-likeness (QED) is 0.838. The number of amides is 1. The number of carbonyl (C=O) groups excluding carboxylic acids is 1. The molecule has 110 valence electrons. The van der Waals surface area contributed by atoms with Crippen molar-refractivity contribution in [1.29, 1.82) is 0 Å². The molecule has 1 rings (SSSR count). The molecule has 0 bridgehead atoms. The van der Waals surface area contributed by atoms with Gasteiger partial charge in [-0.3, -0.25) is 4.79 Å². The maximum absolute atomic E-state index is 12.1. The average molecular weight is 279 g/mol. The van der Waals surface area contributed by atoms with E-state index in [1.165, 1.54) is 0 Å². The van der Waals surface area contributed by atoms with Gasteiger partial charge in [0.2, 0.25) is 0 Å². The number of aliphatic carboxylic acids is 1. The molecule has 1 aromatic rings. The van der Waals surface area contributed by atoms with Crippen LogP contribution in [-0.2, 0) is 4.79 Å². The molecule has 0 aliphatic carbocycles. The molecule has 1 unspecified atom stereocenters. The summed E-state index contributed by atoms with van der Waals surface area (Å²) in [6, 6.07) is 5.79. The Labute approximate surface area is 118 Å². The highest BCUT2D eigenvalue weighted by molar-refractivity contribution is 5.96. The van der Waals surface area contributed by atoms with Gasteiger partial charge in [0.15, 0.2) is 0 Å². The summed E-state index contributed by atoms with van der Waals surface area (Å²) in [7, 11) is 0. The zero-order valence-electron chi connectivity index (χ0n) is 12.2. The van der Waals surface area contributed by atoms with Crippen LogP contribution in [0.3, 0.4) is 0 Å². The predicted octanol–water partition coefficient (Wildman–Crippen LogP) is 2.31. The first-order valence-corrected chi connectivity index (χ1v) is 6.61. The molecule has 0 fully saturated rings. The first-order chi connectivity index (χ1) is 9.31. The number of hydrogen-bond acceptors (Lipinski definition) is 3. The lowest BCUT2D eigenvalue weighted by Crippen LogP contribution is -2.44. The molecule has 0 aliphatic heterocycles. The van der Waals surface area contributed by atoms with Crippen molar-refractivity contribution in [2.75, 3.05) is 0 Å². The van der Waals surface area contributed by atoms with Crippen molar-refractivity contribution in [1.82, 2.24) is 5.32 Å². The molecule has 1 amide bonds. The molecule has 0 saturated carbocycles. The SMILES string of the molecule is CC(C)Oc1cccc(C(=O)NC(C(=O)O)C(C)C)c1. The van der Waals surface area contributed by atoms with Gasteiger partial charge < -0.3 is 15.2 Å². The minimum absolute atomic E-state index is 0.00995. The maximum atomic E-state index is 12.1. The van der Waals surface area contributed by atoms with Gasteiger partial charge in [-0.2, -0.15) is 0 Å². The fourth-order valence-electron chi connectivity index (χ4n) is 1.72. The third kappa shape index (κ3) is 4.57. The Morgan fingerprint density at radius 1 is 1.20 bits per heavy atom. The van der Waals surface area contributed by atoms with Crippen LogP contribution in [0.25, 0.3) is 0 Å². The van der Waals surface area contributed by atoms with Crippen LogP contribution in [0, 0.1) is 5.92 Å². The van der Waals surface area contributed by atoms with Crippen molar-refractivity contribution in [3.63, 3.8) is 0 Å². The fourth-order valence-corrected chi connectivity index (χ4v) is 1.72. The van der Waals surface area contributed by atoms with Gasteiger partial charge in [-0.05, 0) is 38.0 Å². The second-order valence-corrected chi connectivity index (χ2v) is 5.23. The highest BCUT2D eigenvalue weighted by atomic mass is 16.5. The molecule has 0 radical (unpaired) electrons. The second-order valence-electron chi connectivity index (χ2n) is 5.23. The van der Waals surface area contributed by atoms with E-state index in [9.17, 15) is 9.59 Å². The van der Waals surface area contributed by atoms with E-state index in [0.29, 0.717) is 11.3 Å². The summed E-state index contributed by atoms with van der Waals surface area (Å²) in [5.74, 6) is -1.06. The summed E-state index contributed by atoms with van der Waals surface area (Å²) >= 11 is 0. The van der Waals surface area contributed by atoms with E-state index in [1.54, 1.807) is 38.1 Å². The number of carbonyl (C=O) groups is 2. The molecule has 5 nitrogen and oxygen atoms in total. The van der Waals surface area contributed by atoms with Gasteiger partial charge >= 0.3 is 5.97 Å². The average Bonchev–Trinajstić information content (AvgIpc) is 2.34. The number of carboxylic acids is 1. The molecular formula is C15H21NO4. The van der Waals surface area contributed by atoms with Crippen LogP contribution in [0.1, 0.15) is 38.1 Å². The summed E-state index contributed by atoms with van der Waals surface area (Å²) in [5.41, 5.74) is 0.384. The number of benzene rings is 1. The lowest BCUT2D eigenvalue weighted by molar-refractivity contribution is -0.140. The van der Waals surface area contributed by atoms with E-state index in [0.717, 1.165) is 0 Å². The molecule has 0 aromatic heterocycles. The number of hydrogen-bond donors (Lipinski definition) is 2. The van der Waals surface area contributed by atoms with Crippen molar-refractivity contribution in [2.24, 2.45) is 5.92 Å². The molecule has 2 N–H and O–H groups in total. The summed E-state index contributed by atoms with van der Waals surface area (Å²) in [5, 5.41) is 11.6. The lowest BCUT2D eigenvalue weighted by Gasteiger charge is -2.18.